The molecule has 0 fully saturated rings. The Labute approximate surface area is 123 Å². The lowest BCUT2D eigenvalue weighted by atomic mass is 10.3. The van der Waals surface area contributed by atoms with Crippen LogP contribution in [0.25, 0.3) is 0 Å². The molecule has 0 aliphatic heterocycles. The zero-order valence-electron chi connectivity index (χ0n) is 10.3. The molecule has 0 aliphatic rings. The molecular weight excluding hydrogens is 300 g/mol. The van der Waals surface area contributed by atoms with Gasteiger partial charge < -0.3 is 14.8 Å². The third-order valence-electron chi connectivity index (χ3n) is 1.98. The minimum absolute atomic E-state index is 0.0520. The Hall–Kier alpha value is -2.13. The van der Waals surface area contributed by atoms with Crippen molar-refractivity contribution in [1.82, 2.24) is 9.97 Å². The molecule has 20 heavy (non-hydrogen) atoms. The number of aromatic nitrogens is 2. The van der Waals surface area contributed by atoms with Crippen LogP contribution in [0.1, 0.15) is 5.69 Å². The summed E-state index contributed by atoms with van der Waals surface area (Å²) in [6.45, 7) is 0. The first kappa shape index (κ1) is 14.3. The second-order valence-electron chi connectivity index (χ2n) is 3.32. The van der Waals surface area contributed by atoms with Crippen LogP contribution in [0, 0.1) is 0 Å². The van der Waals surface area contributed by atoms with Gasteiger partial charge in [0, 0.05) is 11.6 Å². The molecule has 2 aromatic heterocycles. The smallest absolute Gasteiger partial charge is 0.375 e. The summed E-state index contributed by atoms with van der Waals surface area (Å²) in [5.74, 6) is -0.687. The van der Waals surface area contributed by atoms with Crippen LogP contribution in [0.2, 0.25) is 0 Å². The van der Waals surface area contributed by atoms with Gasteiger partial charge in [0.15, 0.2) is 5.13 Å². The number of nitrogens with two attached hydrogens (primary N) is 1. The number of pyridine rings is 1. The van der Waals surface area contributed by atoms with Crippen molar-refractivity contribution in [2.24, 2.45) is 5.16 Å². The predicted octanol–water partition coefficient (Wildman–Crippen LogP) is 1.72. The van der Waals surface area contributed by atoms with Crippen LogP contribution >= 0.6 is 23.4 Å². The zero-order chi connectivity index (χ0) is 14.4. The summed E-state index contributed by atoms with van der Waals surface area (Å²) >= 11 is 2.03. The molecule has 2 rings (SSSR count). The fourth-order valence-corrected chi connectivity index (χ4v) is 2.22. The molecule has 2 aromatic rings. The van der Waals surface area contributed by atoms with Gasteiger partial charge in [-0.1, -0.05) is 11.2 Å². The van der Waals surface area contributed by atoms with E-state index in [4.69, 9.17) is 9.92 Å². The second kappa shape index (κ2) is 6.87. The molecule has 0 bridgehead atoms. The van der Waals surface area contributed by atoms with E-state index in [1.165, 1.54) is 18.4 Å². The van der Waals surface area contributed by atoms with Crippen LogP contribution in [0.15, 0.2) is 40.0 Å². The molecule has 0 saturated carbocycles. The van der Waals surface area contributed by atoms with Crippen LogP contribution < -0.4 is 5.73 Å². The SMILES string of the molecule is CON=C(C(=O)OSc1ccccn1)c1csc(N)n1. The summed E-state index contributed by atoms with van der Waals surface area (Å²) in [7, 11) is 1.33. The molecule has 2 N–H and O–H groups in total. The topological polar surface area (TPSA) is 99.7 Å². The first-order valence-corrected chi connectivity index (χ1v) is 6.95. The lowest BCUT2D eigenvalue weighted by Gasteiger charge is -2.02. The monoisotopic (exact) mass is 310 g/mol. The Morgan fingerprint density at radius 1 is 1.50 bits per heavy atom. The molecule has 0 spiro atoms. The van der Waals surface area contributed by atoms with Gasteiger partial charge in [0.25, 0.3) is 0 Å². The molecule has 0 aromatic carbocycles. The molecule has 0 aliphatic carbocycles. The van der Waals surface area contributed by atoms with E-state index in [0.29, 0.717) is 15.9 Å². The van der Waals surface area contributed by atoms with Gasteiger partial charge in [0.2, 0.25) is 5.71 Å². The van der Waals surface area contributed by atoms with Gasteiger partial charge >= 0.3 is 5.97 Å². The van der Waals surface area contributed by atoms with Gasteiger partial charge in [-0.3, -0.25) is 0 Å². The third-order valence-corrected chi connectivity index (χ3v) is 3.30. The van der Waals surface area contributed by atoms with Crippen molar-refractivity contribution < 1.29 is 13.8 Å². The highest BCUT2D eigenvalue weighted by Crippen LogP contribution is 2.18. The number of nitrogens with zero attached hydrogens (tertiary/aromatic N) is 3. The Kier molecular flexibility index (Phi) is 4.91. The van der Waals surface area contributed by atoms with E-state index in [1.54, 1.807) is 29.8 Å². The molecule has 104 valence electrons. The number of hydrogen-bond acceptors (Lipinski definition) is 9. The van der Waals surface area contributed by atoms with Crippen molar-refractivity contribution in [2.45, 2.75) is 5.03 Å². The summed E-state index contributed by atoms with van der Waals surface area (Å²) in [6, 6.07) is 5.27. The first-order valence-electron chi connectivity index (χ1n) is 5.33. The number of hydrogen-bond donors (Lipinski definition) is 1. The maximum Gasteiger partial charge on any atom is 0.375 e. The first-order chi connectivity index (χ1) is 9.70. The van der Waals surface area contributed by atoms with Crippen molar-refractivity contribution in [3.8, 4) is 0 Å². The predicted molar refractivity (Wildman–Crippen MR) is 76.3 cm³/mol. The van der Waals surface area contributed by atoms with Crippen LogP contribution in [-0.2, 0) is 13.8 Å². The number of rotatable bonds is 5. The van der Waals surface area contributed by atoms with E-state index in [1.807, 2.05) is 0 Å². The normalized spacial score (nSPS) is 11.2. The summed E-state index contributed by atoms with van der Waals surface area (Å²) in [5, 5.41) is 6.09. The zero-order valence-corrected chi connectivity index (χ0v) is 12.0. The lowest BCUT2D eigenvalue weighted by Crippen LogP contribution is -2.17. The molecule has 0 saturated heterocycles. The van der Waals surface area contributed by atoms with Crippen LogP contribution in [0.4, 0.5) is 5.13 Å². The highest BCUT2D eigenvalue weighted by Gasteiger charge is 2.21. The molecule has 0 atom stereocenters. The third kappa shape index (κ3) is 3.68. The Balaban J connectivity index is 2.07. The van der Waals surface area contributed by atoms with Gasteiger partial charge in [-0.05, 0) is 12.1 Å². The minimum Gasteiger partial charge on any atom is -0.398 e. The molecule has 2 heterocycles. The van der Waals surface area contributed by atoms with Crippen molar-refractivity contribution in [3.05, 3.63) is 35.5 Å². The van der Waals surface area contributed by atoms with Crippen molar-refractivity contribution in [1.29, 1.82) is 0 Å². The number of thiazole rings is 1. The van der Waals surface area contributed by atoms with Gasteiger partial charge in [0.05, 0.1) is 0 Å². The highest BCUT2D eigenvalue weighted by atomic mass is 32.2. The molecule has 7 nitrogen and oxygen atoms in total. The van der Waals surface area contributed by atoms with Crippen LogP contribution in [0.3, 0.4) is 0 Å². The number of anilines is 1. The van der Waals surface area contributed by atoms with Crippen molar-refractivity contribution in [3.63, 3.8) is 0 Å². The maximum atomic E-state index is 12.0. The second-order valence-corrected chi connectivity index (χ2v) is 4.96. The van der Waals surface area contributed by atoms with Crippen LogP contribution in [0.5, 0.6) is 0 Å². The Morgan fingerprint density at radius 2 is 2.35 bits per heavy atom. The van der Waals surface area contributed by atoms with Crippen molar-refractivity contribution in [2.75, 3.05) is 12.8 Å². The summed E-state index contributed by atoms with van der Waals surface area (Å²) in [4.78, 5) is 24.6. The average Bonchev–Trinajstić information content (AvgIpc) is 2.89. The van der Waals surface area contributed by atoms with Gasteiger partial charge in [-0.25, -0.2) is 14.8 Å². The summed E-state index contributed by atoms with van der Waals surface area (Å²) in [5.41, 5.74) is 5.78. The fourth-order valence-electron chi connectivity index (χ4n) is 1.19. The lowest BCUT2D eigenvalue weighted by molar-refractivity contribution is -0.125. The summed E-state index contributed by atoms with van der Waals surface area (Å²) in [6.07, 6.45) is 1.60. The van der Waals surface area contributed by atoms with E-state index in [-0.39, 0.29) is 5.71 Å². The van der Waals surface area contributed by atoms with Crippen LogP contribution in [-0.4, -0.2) is 28.8 Å². The van der Waals surface area contributed by atoms with E-state index in [2.05, 4.69) is 20.0 Å². The molecule has 0 unspecified atom stereocenters. The Bertz CT molecular complexity index is 615. The maximum absolute atomic E-state index is 12.0. The van der Waals surface area contributed by atoms with Gasteiger partial charge in [0.1, 0.15) is 29.9 Å². The number of oxime groups is 1. The van der Waals surface area contributed by atoms with E-state index in [0.717, 1.165) is 12.0 Å². The minimum atomic E-state index is -0.687. The quantitative estimate of drug-likeness (QED) is 0.510. The van der Waals surface area contributed by atoms with Gasteiger partial charge in [-0.2, -0.15) is 0 Å². The van der Waals surface area contributed by atoms with E-state index < -0.39 is 5.97 Å². The van der Waals surface area contributed by atoms with Gasteiger partial charge in [-0.15, -0.1) is 11.3 Å². The highest BCUT2D eigenvalue weighted by molar-refractivity contribution is 7.95. The number of carbonyl (C=O) groups is 1. The van der Waals surface area contributed by atoms with E-state index in [9.17, 15) is 4.79 Å². The fraction of sp³-hybridized carbons (Fsp3) is 0.0909. The molecular formula is C11H10N4O3S2. The number of nitrogen functional groups attached to an aromatic ring is 1. The molecule has 0 radical (unpaired) electrons. The molecule has 9 heteroatoms. The molecule has 0 amide bonds. The standard InChI is InChI=1S/C11H10N4O3S2/c1-17-15-9(7-6-19-11(12)14-7)10(16)18-20-8-4-2-3-5-13-8/h2-6H,1H3,(H2,12,14). The van der Waals surface area contributed by atoms with E-state index >= 15 is 0 Å². The largest absolute Gasteiger partial charge is 0.398 e. The Morgan fingerprint density at radius 3 is 2.95 bits per heavy atom. The average molecular weight is 310 g/mol. The number of carbonyl (C=O) groups excluding carboxylic acids is 1. The summed E-state index contributed by atoms with van der Waals surface area (Å²) < 4.78 is 5.03. The van der Waals surface area contributed by atoms with Crippen molar-refractivity contribution >= 4 is 40.2 Å².